The minimum Gasteiger partial charge on any atom is -0.452 e. The first kappa shape index (κ1) is 23.6. The highest BCUT2D eigenvalue weighted by molar-refractivity contribution is 6.04. The summed E-state index contributed by atoms with van der Waals surface area (Å²) < 4.78 is 16.2. The normalized spacial score (nSPS) is 24.8. The summed E-state index contributed by atoms with van der Waals surface area (Å²) in [5.74, 6) is 0.0485. The first-order valence-corrected chi connectivity index (χ1v) is 10.6. The molecule has 0 aromatic carbocycles. The van der Waals surface area contributed by atoms with Crippen LogP contribution < -0.4 is 10.7 Å². The van der Waals surface area contributed by atoms with Crippen LogP contribution >= 0.6 is 0 Å². The van der Waals surface area contributed by atoms with E-state index in [0.29, 0.717) is 11.4 Å². The lowest BCUT2D eigenvalue weighted by Crippen LogP contribution is -2.58. The number of hydrogen-bond acceptors (Lipinski definition) is 7. The third-order valence-corrected chi connectivity index (χ3v) is 5.87. The third kappa shape index (κ3) is 5.23. The summed E-state index contributed by atoms with van der Waals surface area (Å²) in [6, 6.07) is 1.92. The predicted octanol–water partition coefficient (Wildman–Crippen LogP) is 3.55. The topological polar surface area (TPSA) is 120 Å². The molecule has 0 radical (unpaired) electrons. The number of rotatable bonds is 4. The van der Waals surface area contributed by atoms with E-state index in [1.54, 1.807) is 6.20 Å². The second-order valence-electron chi connectivity index (χ2n) is 9.70. The Bertz CT molecular complexity index is 915. The van der Waals surface area contributed by atoms with Gasteiger partial charge in [0, 0.05) is 18.2 Å². The van der Waals surface area contributed by atoms with Crippen molar-refractivity contribution in [1.29, 1.82) is 0 Å². The molecule has 1 spiro atoms. The molecular weight excluding hydrogens is 416 g/mol. The van der Waals surface area contributed by atoms with Crippen molar-refractivity contribution in [1.82, 2.24) is 15.3 Å². The molecule has 2 amide bonds. The highest BCUT2D eigenvalue weighted by atomic mass is 16.6. The Morgan fingerprint density at radius 1 is 1.09 bits per heavy atom. The molecule has 0 bridgehead atoms. The van der Waals surface area contributed by atoms with Gasteiger partial charge < -0.3 is 19.5 Å². The molecule has 10 nitrogen and oxygen atoms in total. The number of amides is 2. The van der Waals surface area contributed by atoms with Gasteiger partial charge in [-0.15, -0.1) is 0 Å². The van der Waals surface area contributed by atoms with E-state index in [4.69, 9.17) is 9.47 Å². The monoisotopic (exact) mass is 448 g/mol. The molecular formula is C22H32N4O6. The van der Waals surface area contributed by atoms with Gasteiger partial charge in [0.25, 0.3) is 0 Å². The number of nitrogens with one attached hydrogen (secondary N) is 2. The number of aryl methyl sites for hydroxylation is 1. The van der Waals surface area contributed by atoms with E-state index in [2.05, 4.69) is 20.6 Å². The fourth-order valence-electron chi connectivity index (χ4n) is 4.63. The standard InChI is InChI=1S/C22H32N4O6/c1-13-7-16(26(12-13)20(29)31-6)17(24-25-19(28)30-5)14-8-22(9-14)10-15(11-22)23-18(27)32-21(2,3)4/h7,12,14-15H,8-11H2,1-6H3,(H,23,27)(H,25,28)/b24-17+. The van der Waals surface area contributed by atoms with E-state index < -0.39 is 23.9 Å². The van der Waals surface area contributed by atoms with Crippen LogP contribution in [0.4, 0.5) is 14.4 Å². The molecule has 176 valence electrons. The van der Waals surface area contributed by atoms with Crippen molar-refractivity contribution in [2.45, 2.75) is 65.0 Å². The average Bonchev–Trinajstić information content (AvgIpc) is 3.03. The van der Waals surface area contributed by atoms with Crippen LogP contribution in [-0.2, 0) is 14.2 Å². The second kappa shape index (κ2) is 8.84. The largest absolute Gasteiger partial charge is 0.452 e. The summed E-state index contributed by atoms with van der Waals surface area (Å²) >= 11 is 0. The van der Waals surface area contributed by atoms with Crippen molar-refractivity contribution in [3.8, 4) is 0 Å². The van der Waals surface area contributed by atoms with Crippen molar-refractivity contribution < 1.29 is 28.6 Å². The van der Waals surface area contributed by atoms with Gasteiger partial charge in [-0.2, -0.15) is 5.10 Å². The number of alkyl carbamates (subject to hydrolysis) is 1. The number of nitrogens with zero attached hydrogens (tertiary/aromatic N) is 2. The maximum absolute atomic E-state index is 12.2. The van der Waals surface area contributed by atoms with Crippen LogP contribution in [-0.4, -0.2) is 54.4 Å². The minimum absolute atomic E-state index is 0.0485. The lowest BCUT2D eigenvalue weighted by atomic mass is 9.49. The lowest BCUT2D eigenvalue weighted by molar-refractivity contribution is -0.0294. The van der Waals surface area contributed by atoms with Crippen molar-refractivity contribution in [3.63, 3.8) is 0 Å². The summed E-state index contributed by atoms with van der Waals surface area (Å²) in [6.45, 7) is 7.37. The summed E-state index contributed by atoms with van der Waals surface area (Å²) in [4.78, 5) is 35.8. The maximum atomic E-state index is 12.2. The number of methoxy groups -OCH3 is 2. The number of aromatic nitrogens is 1. The summed E-state index contributed by atoms with van der Waals surface area (Å²) in [5, 5.41) is 7.21. The van der Waals surface area contributed by atoms with Crippen LogP contribution in [0.3, 0.4) is 0 Å². The maximum Gasteiger partial charge on any atom is 0.427 e. The third-order valence-electron chi connectivity index (χ3n) is 5.87. The molecule has 1 heterocycles. The van der Waals surface area contributed by atoms with Gasteiger partial charge in [0.15, 0.2) is 0 Å². The molecule has 2 aliphatic carbocycles. The molecule has 2 N–H and O–H groups in total. The van der Waals surface area contributed by atoms with Crippen LogP contribution in [0.5, 0.6) is 0 Å². The molecule has 32 heavy (non-hydrogen) atoms. The quantitative estimate of drug-likeness (QED) is 0.413. The van der Waals surface area contributed by atoms with Gasteiger partial charge >= 0.3 is 18.3 Å². The number of hydrazone groups is 1. The highest BCUT2D eigenvalue weighted by Crippen LogP contribution is 2.59. The van der Waals surface area contributed by atoms with E-state index in [1.165, 1.54) is 18.8 Å². The molecule has 3 rings (SSSR count). The zero-order chi connectivity index (χ0) is 23.7. The van der Waals surface area contributed by atoms with Gasteiger partial charge in [-0.3, -0.25) is 4.57 Å². The van der Waals surface area contributed by atoms with Gasteiger partial charge in [0.1, 0.15) is 5.60 Å². The number of hydrogen-bond donors (Lipinski definition) is 2. The van der Waals surface area contributed by atoms with Gasteiger partial charge in [-0.1, -0.05) is 0 Å². The lowest BCUT2D eigenvalue weighted by Gasteiger charge is -2.57. The SMILES string of the molecule is COC(=O)N/N=C(/c1cc(C)cn1C(=O)OC)C1CC2(CC(NC(=O)OC(C)(C)C)C2)C1. The zero-order valence-electron chi connectivity index (χ0n) is 19.5. The van der Waals surface area contributed by atoms with E-state index in [-0.39, 0.29) is 17.4 Å². The molecule has 1 aromatic heterocycles. The van der Waals surface area contributed by atoms with E-state index in [9.17, 15) is 14.4 Å². The van der Waals surface area contributed by atoms with Crippen molar-refractivity contribution >= 4 is 24.0 Å². The predicted molar refractivity (Wildman–Crippen MR) is 117 cm³/mol. The van der Waals surface area contributed by atoms with Crippen molar-refractivity contribution in [2.24, 2.45) is 16.4 Å². The molecule has 0 unspecified atom stereocenters. The van der Waals surface area contributed by atoms with Crippen LogP contribution in [0.2, 0.25) is 0 Å². The zero-order valence-corrected chi connectivity index (χ0v) is 19.5. The van der Waals surface area contributed by atoms with E-state index in [1.807, 2.05) is 33.8 Å². The molecule has 2 saturated carbocycles. The Balaban J connectivity index is 1.68. The fourth-order valence-corrected chi connectivity index (χ4v) is 4.63. The van der Waals surface area contributed by atoms with Gasteiger partial charge in [-0.05, 0) is 70.4 Å². The first-order valence-electron chi connectivity index (χ1n) is 10.6. The Kier molecular flexibility index (Phi) is 6.52. The number of ether oxygens (including phenoxy) is 3. The van der Waals surface area contributed by atoms with E-state index >= 15 is 0 Å². The molecule has 0 atom stereocenters. The summed E-state index contributed by atoms with van der Waals surface area (Å²) in [7, 11) is 2.58. The van der Waals surface area contributed by atoms with Gasteiger partial charge in [0.05, 0.1) is 25.6 Å². The molecule has 0 aliphatic heterocycles. The van der Waals surface area contributed by atoms with Crippen LogP contribution in [0.25, 0.3) is 0 Å². The average molecular weight is 449 g/mol. The Morgan fingerprint density at radius 2 is 1.75 bits per heavy atom. The van der Waals surface area contributed by atoms with Gasteiger partial charge in [0.2, 0.25) is 0 Å². The molecule has 2 fully saturated rings. The van der Waals surface area contributed by atoms with Crippen LogP contribution in [0.1, 0.15) is 57.7 Å². The smallest absolute Gasteiger partial charge is 0.427 e. The Labute approximate surface area is 187 Å². The molecule has 1 aromatic rings. The van der Waals surface area contributed by atoms with Crippen molar-refractivity contribution in [3.05, 3.63) is 23.5 Å². The van der Waals surface area contributed by atoms with Gasteiger partial charge in [-0.25, -0.2) is 19.8 Å². The van der Waals surface area contributed by atoms with Crippen LogP contribution in [0, 0.1) is 18.3 Å². The first-order chi connectivity index (χ1) is 14.9. The number of carbonyl (C=O) groups excluding carboxylic acids is 3. The molecule has 0 saturated heterocycles. The fraction of sp³-hybridized carbons (Fsp3) is 0.636. The summed E-state index contributed by atoms with van der Waals surface area (Å²) in [5.41, 5.74) is 4.02. The Hall–Kier alpha value is -3.04. The highest BCUT2D eigenvalue weighted by Gasteiger charge is 2.55. The van der Waals surface area contributed by atoms with Crippen LogP contribution in [0.15, 0.2) is 17.4 Å². The number of carbonyl (C=O) groups is 3. The summed E-state index contributed by atoms with van der Waals surface area (Å²) in [6.07, 6.45) is 3.46. The van der Waals surface area contributed by atoms with E-state index in [0.717, 1.165) is 31.2 Å². The second-order valence-corrected chi connectivity index (χ2v) is 9.70. The minimum atomic E-state index is -0.685. The van der Waals surface area contributed by atoms with Crippen molar-refractivity contribution in [2.75, 3.05) is 14.2 Å². The Morgan fingerprint density at radius 3 is 2.31 bits per heavy atom. The molecule has 10 heteroatoms. The molecule has 2 aliphatic rings.